The minimum atomic E-state index is -0.836. The lowest BCUT2D eigenvalue weighted by Crippen LogP contribution is -2.43. The quantitative estimate of drug-likeness (QED) is 0.241. The molecule has 0 aliphatic carbocycles. The van der Waals surface area contributed by atoms with E-state index in [0.29, 0.717) is 34.5 Å². The first-order chi connectivity index (χ1) is 18.4. The average Bonchev–Trinajstić information content (AvgIpc) is 3.54. The van der Waals surface area contributed by atoms with E-state index in [9.17, 15) is 9.59 Å². The van der Waals surface area contributed by atoms with Gasteiger partial charge in [-0.25, -0.2) is 9.97 Å². The lowest BCUT2D eigenvalue weighted by molar-refractivity contribution is 0.0971. The number of para-hydroxylation sites is 2. The van der Waals surface area contributed by atoms with E-state index in [4.69, 9.17) is 22.1 Å². The normalized spacial score (nSPS) is 14.1. The van der Waals surface area contributed by atoms with Crippen LogP contribution >= 0.6 is 11.6 Å². The number of hydrogen-bond acceptors (Lipinski definition) is 7. The Balaban J connectivity index is 1.32. The maximum Gasteiger partial charge on any atom is 0.275 e. The second kappa shape index (κ2) is 11.2. The number of hydrogen-bond donors (Lipinski definition) is 4. The average molecular weight is 537 g/mol. The molecule has 12 heteroatoms. The van der Waals surface area contributed by atoms with Crippen molar-refractivity contribution >= 4 is 40.1 Å². The van der Waals surface area contributed by atoms with Crippen molar-refractivity contribution < 1.29 is 14.3 Å². The van der Waals surface area contributed by atoms with E-state index in [2.05, 4.69) is 30.5 Å². The molecule has 5 rings (SSSR count). The number of carbonyl (C=O) groups excluding carboxylic acids is 2. The maximum absolute atomic E-state index is 13.4. The van der Waals surface area contributed by atoms with Crippen LogP contribution in [0, 0.1) is 6.92 Å². The molecule has 0 radical (unpaired) electrons. The smallest absolute Gasteiger partial charge is 0.275 e. The van der Waals surface area contributed by atoms with Gasteiger partial charge >= 0.3 is 0 Å². The van der Waals surface area contributed by atoms with Crippen LogP contribution in [0.2, 0.25) is 5.02 Å². The Morgan fingerprint density at radius 2 is 2.00 bits per heavy atom. The minimum absolute atomic E-state index is 0.0569. The van der Waals surface area contributed by atoms with Crippen LogP contribution in [0.5, 0.6) is 5.75 Å². The highest BCUT2D eigenvalue weighted by molar-refractivity contribution is 6.34. The number of aromatic amines is 1. The highest BCUT2D eigenvalue weighted by atomic mass is 35.5. The van der Waals surface area contributed by atoms with Gasteiger partial charge in [-0.15, -0.1) is 0 Å². The molecule has 0 bridgehead atoms. The molecule has 2 amide bonds. The number of H-pyrrole nitrogens is 1. The number of piperazine rings is 1. The maximum atomic E-state index is 13.4. The molecule has 2 aromatic carbocycles. The fourth-order valence-corrected chi connectivity index (χ4v) is 4.66. The number of nitrogens with one attached hydrogen (secondary N) is 3. The van der Waals surface area contributed by atoms with E-state index in [-0.39, 0.29) is 11.4 Å². The lowest BCUT2D eigenvalue weighted by atomic mass is 10.2. The first kappa shape index (κ1) is 25.7. The zero-order valence-electron chi connectivity index (χ0n) is 21.0. The third-order valence-electron chi connectivity index (χ3n) is 6.42. The van der Waals surface area contributed by atoms with E-state index in [1.807, 2.05) is 31.2 Å². The fourth-order valence-electron chi connectivity index (χ4n) is 4.46. The summed E-state index contributed by atoms with van der Waals surface area (Å²) in [6.45, 7) is 7.55. The van der Waals surface area contributed by atoms with Crippen molar-refractivity contribution in [2.45, 2.75) is 13.3 Å². The number of aromatic nitrogens is 4. The van der Waals surface area contributed by atoms with Crippen molar-refractivity contribution in [2.75, 3.05) is 44.6 Å². The third kappa shape index (κ3) is 5.49. The Morgan fingerprint density at radius 1 is 1.21 bits per heavy atom. The van der Waals surface area contributed by atoms with Crippen LogP contribution in [-0.2, 0) is 0 Å². The molecule has 5 N–H and O–H groups in total. The number of primary amides is 1. The Kier molecular flexibility index (Phi) is 7.59. The van der Waals surface area contributed by atoms with Gasteiger partial charge in [0, 0.05) is 38.8 Å². The van der Waals surface area contributed by atoms with E-state index in [0.717, 1.165) is 50.2 Å². The molecule has 0 saturated carbocycles. The Labute approximate surface area is 224 Å². The number of ether oxygens (including phenoxy) is 1. The highest BCUT2D eigenvalue weighted by Crippen LogP contribution is 2.31. The van der Waals surface area contributed by atoms with Crippen molar-refractivity contribution in [3.05, 3.63) is 64.7 Å². The van der Waals surface area contributed by atoms with E-state index >= 15 is 0 Å². The van der Waals surface area contributed by atoms with Gasteiger partial charge in [-0.1, -0.05) is 23.7 Å². The monoisotopic (exact) mass is 536 g/mol. The first-order valence-corrected chi connectivity index (χ1v) is 12.8. The number of nitrogens with two attached hydrogens (primary N) is 1. The largest absolute Gasteiger partial charge is 0.493 e. The molecule has 1 saturated heterocycles. The van der Waals surface area contributed by atoms with Gasteiger partial charge in [-0.05, 0) is 37.1 Å². The van der Waals surface area contributed by atoms with Crippen molar-refractivity contribution in [1.29, 1.82) is 0 Å². The number of carbonyl (C=O) groups is 2. The topological polar surface area (TPSA) is 143 Å². The number of aryl methyl sites for hydroxylation is 1. The van der Waals surface area contributed by atoms with Gasteiger partial charge < -0.3 is 31.0 Å². The predicted molar refractivity (Wildman–Crippen MR) is 145 cm³/mol. The number of anilines is 1. The molecule has 0 spiro atoms. The summed E-state index contributed by atoms with van der Waals surface area (Å²) < 4.78 is 7.37. The summed E-state index contributed by atoms with van der Waals surface area (Å²) in [6, 6.07) is 10.8. The Bertz CT molecular complexity index is 1440. The van der Waals surface area contributed by atoms with Crippen LogP contribution in [0.25, 0.3) is 17.0 Å². The molecule has 2 aromatic heterocycles. The molecule has 4 aromatic rings. The molecule has 11 nitrogen and oxygen atoms in total. The number of halogens is 1. The fraction of sp³-hybridized carbons (Fsp3) is 0.308. The summed E-state index contributed by atoms with van der Waals surface area (Å²) in [7, 11) is 0. The van der Waals surface area contributed by atoms with Crippen LogP contribution in [-0.4, -0.2) is 75.6 Å². The molecule has 1 aliphatic rings. The predicted octanol–water partition coefficient (Wildman–Crippen LogP) is 2.74. The molecule has 0 unspecified atom stereocenters. The van der Waals surface area contributed by atoms with Gasteiger partial charge in [0.25, 0.3) is 11.8 Å². The van der Waals surface area contributed by atoms with Crippen molar-refractivity contribution in [3.8, 4) is 11.7 Å². The number of imidazole rings is 2. The summed E-state index contributed by atoms with van der Waals surface area (Å²) >= 11 is 6.51. The van der Waals surface area contributed by atoms with Crippen LogP contribution in [0.3, 0.4) is 0 Å². The van der Waals surface area contributed by atoms with Crippen LogP contribution in [0.15, 0.2) is 42.7 Å². The van der Waals surface area contributed by atoms with E-state index in [1.165, 1.54) is 10.9 Å². The number of amides is 2. The van der Waals surface area contributed by atoms with Crippen molar-refractivity contribution in [1.82, 2.24) is 29.7 Å². The second-order valence-electron chi connectivity index (χ2n) is 9.10. The molecule has 1 aliphatic heterocycles. The summed E-state index contributed by atoms with van der Waals surface area (Å²) in [5.74, 6) is -0.471. The Morgan fingerprint density at radius 3 is 2.76 bits per heavy atom. The van der Waals surface area contributed by atoms with Gasteiger partial charge in [0.1, 0.15) is 17.8 Å². The molecular formula is C26H29ClN8O3. The Hall–Kier alpha value is -3.93. The summed E-state index contributed by atoms with van der Waals surface area (Å²) in [6.07, 6.45) is 2.23. The van der Waals surface area contributed by atoms with Crippen molar-refractivity contribution in [3.63, 3.8) is 0 Å². The van der Waals surface area contributed by atoms with Gasteiger partial charge in [0.05, 0.1) is 28.4 Å². The molecule has 0 atom stereocenters. The first-order valence-electron chi connectivity index (χ1n) is 12.4. The van der Waals surface area contributed by atoms with Crippen LogP contribution < -0.4 is 21.1 Å². The van der Waals surface area contributed by atoms with Gasteiger partial charge in [-0.2, -0.15) is 0 Å². The van der Waals surface area contributed by atoms with Crippen molar-refractivity contribution in [2.24, 2.45) is 5.73 Å². The number of benzene rings is 2. The minimum Gasteiger partial charge on any atom is -0.493 e. The molecule has 198 valence electrons. The van der Waals surface area contributed by atoms with E-state index < -0.39 is 11.8 Å². The van der Waals surface area contributed by atoms with Crippen LogP contribution in [0.1, 0.15) is 33.0 Å². The third-order valence-corrected chi connectivity index (χ3v) is 6.73. The SMILES string of the molecule is Cc1cc(NC(=O)c2c(C(N)=O)ncn2-c2nc3ccccc3[nH]2)c(Cl)cc1OCCCN1CCNCC1. The van der Waals surface area contributed by atoms with Gasteiger partial charge in [-0.3, -0.25) is 14.2 Å². The van der Waals surface area contributed by atoms with E-state index in [1.54, 1.807) is 12.1 Å². The molecule has 3 heterocycles. The van der Waals surface area contributed by atoms with Gasteiger partial charge in [0.15, 0.2) is 5.69 Å². The van der Waals surface area contributed by atoms with Crippen LogP contribution in [0.4, 0.5) is 5.69 Å². The molecular weight excluding hydrogens is 508 g/mol. The molecule has 1 fully saturated rings. The number of rotatable bonds is 9. The zero-order valence-corrected chi connectivity index (χ0v) is 21.7. The number of fused-ring (bicyclic) bond motifs is 1. The zero-order chi connectivity index (χ0) is 26.6. The highest BCUT2D eigenvalue weighted by Gasteiger charge is 2.25. The molecule has 38 heavy (non-hydrogen) atoms. The lowest BCUT2D eigenvalue weighted by Gasteiger charge is -2.27. The summed E-state index contributed by atoms with van der Waals surface area (Å²) in [5.41, 5.74) is 7.93. The number of nitrogens with zero attached hydrogens (tertiary/aromatic N) is 4. The summed E-state index contributed by atoms with van der Waals surface area (Å²) in [4.78, 5) is 39.6. The summed E-state index contributed by atoms with van der Waals surface area (Å²) in [5, 5.41) is 6.43. The second-order valence-corrected chi connectivity index (χ2v) is 9.51. The van der Waals surface area contributed by atoms with Gasteiger partial charge in [0.2, 0.25) is 5.95 Å². The standard InChI is InChI=1S/C26H29ClN8O3/c1-16-13-20(17(27)14-21(16)38-12-4-9-34-10-7-29-8-11-34)31-25(37)23-22(24(28)36)30-15-35(23)26-32-18-5-2-3-6-19(18)33-26/h2-3,5-6,13-15,29H,4,7-12H2,1H3,(H2,28,36)(H,31,37)(H,32,33).